The maximum absolute atomic E-state index is 15.3. The molecule has 0 saturated heterocycles. The van der Waals surface area contributed by atoms with Gasteiger partial charge in [0.2, 0.25) is 0 Å². The zero-order valence-corrected chi connectivity index (χ0v) is 20.5. The number of nitriles is 4. The number of hydrogen-bond acceptors (Lipinski definition) is 5. The predicted molar refractivity (Wildman–Crippen MR) is 145 cm³/mol. The van der Waals surface area contributed by atoms with Gasteiger partial charge in [-0.3, -0.25) is 0 Å². The molecule has 178 valence electrons. The van der Waals surface area contributed by atoms with Gasteiger partial charge in [0.15, 0.2) is 0 Å². The van der Waals surface area contributed by atoms with Crippen molar-refractivity contribution in [2.45, 2.75) is 0 Å². The van der Waals surface area contributed by atoms with E-state index in [1.807, 2.05) is 24.3 Å². The van der Waals surface area contributed by atoms with E-state index in [1.165, 1.54) is 23.5 Å². The molecule has 5 aromatic rings. The zero-order valence-electron chi connectivity index (χ0n) is 19.7. The molecule has 2 aliphatic carbocycles. The lowest BCUT2D eigenvalue weighted by atomic mass is 9.91. The fourth-order valence-electron chi connectivity index (χ4n) is 5.87. The van der Waals surface area contributed by atoms with Crippen LogP contribution < -0.4 is 0 Å². The second kappa shape index (κ2) is 7.95. The van der Waals surface area contributed by atoms with Crippen molar-refractivity contribution in [3.05, 3.63) is 104 Å². The Morgan fingerprint density at radius 1 is 0.538 bits per heavy atom. The van der Waals surface area contributed by atoms with Crippen molar-refractivity contribution in [3.8, 4) is 46.5 Å². The summed E-state index contributed by atoms with van der Waals surface area (Å²) < 4.78 is 30.7. The molecule has 2 aliphatic rings. The van der Waals surface area contributed by atoms with Crippen molar-refractivity contribution in [1.29, 1.82) is 21.0 Å². The maximum Gasteiger partial charge on any atom is 0.138 e. The molecule has 0 fully saturated rings. The smallest absolute Gasteiger partial charge is 0.138 e. The summed E-state index contributed by atoms with van der Waals surface area (Å²) in [6, 6.07) is 24.5. The van der Waals surface area contributed by atoms with Crippen LogP contribution in [0.5, 0.6) is 0 Å². The van der Waals surface area contributed by atoms with Gasteiger partial charge in [0.25, 0.3) is 0 Å². The first-order valence-corrected chi connectivity index (χ1v) is 12.6. The number of nitrogens with zero attached hydrogens (tertiary/aromatic N) is 4. The first-order valence-electron chi connectivity index (χ1n) is 11.7. The molecule has 0 amide bonds. The summed E-state index contributed by atoms with van der Waals surface area (Å²) in [6.45, 7) is 0. The fraction of sp³-hybridized carbons (Fsp3) is 0. The Balaban J connectivity index is 1.77. The number of thiophene rings is 1. The van der Waals surface area contributed by atoms with Gasteiger partial charge < -0.3 is 0 Å². The maximum atomic E-state index is 15.3. The van der Waals surface area contributed by atoms with E-state index in [2.05, 4.69) is 0 Å². The molecule has 1 aromatic heterocycles. The first-order chi connectivity index (χ1) is 19.0. The molecule has 7 heteroatoms. The Labute approximate surface area is 224 Å². The number of halogens is 2. The summed E-state index contributed by atoms with van der Waals surface area (Å²) in [5.74, 6) is -0.956. The van der Waals surface area contributed by atoms with Crippen LogP contribution >= 0.6 is 11.3 Å². The van der Waals surface area contributed by atoms with Crippen LogP contribution in [0.2, 0.25) is 0 Å². The van der Waals surface area contributed by atoms with Crippen molar-refractivity contribution >= 4 is 44.0 Å². The average Bonchev–Trinajstić information content (AvgIpc) is 3.57. The third-order valence-electron chi connectivity index (χ3n) is 7.34. The second-order valence-electron chi connectivity index (χ2n) is 9.11. The van der Waals surface area contributed by atoms with Crippen LogP contribution in [0.1, 0.15) is 20.9 Å². The van der Waals surface area contributed by atoms with Gasteiger partial charge in [-0.2, -0.15) is 21.0 Å². The summed E-state index contributed by atoms with van der Waals surface area (Å²) >= 11 is 1.22. The first kappa shape index (κ1) is 22.6. The van der Waals surface area contributed by atoms with Crippen LogP contribution in [0.15, 0.2) is 71.8 Å². The van der Waals surface area contributed by atoms with E-state index in [0.29, 0.717) is 75.8 Å². The van der Waals surface area contributed by atoms with E-state index in [0.717, 1.165) is 0 Å². The molecule has 0 bridgehead atoms. The normalized spacial score (nSPS) is 12.2. The highest BCUT2D eigenvalue weighted by molar-refractivity contribution is 7.16. The van der Waals surface area contributed by atoms with Crippen LogP contribution in [-0.4, -0.2) is 0 Å². The van der Waals surface area contributed by atoms with Crippen molar-refractivity contribution in [2.24, 2.45) is 0 Å². The average molecular weight is 521 g/mol. The lowest BCUT2D eigenvalue weighted by Crippen LogP contribution is -1.91. The summed E-state index contributed by atoms with van der Waals surface area (Å²) in [5, 5.41) is 41.4. The molecule has 0 aliphatic heterocycles. The Bertz CT molecular complexity index is 2050. The third kappa shape index (κ3) is 2.75. The van der Waals surface area contributed by atoms with Gasteiger partial charge in [0.1, 0.15) is 47.1 Å². The fourth-order valence-corrected chi connectivity index (χ4v) is 7.31. The highest BCUT2D eigenvalue weighted by Gasteiger charge is 2.41. The van der Waals surface area contributed by atoms with Crippen LogP contribution in [0.3, 0.4) is 0 Å². The largest absolute Gasteiger partial charge is 0.206 e. The minimum atomic E-state index is -0.478. The number of allylic oxidation sites excluding steroid dienone is 2. The van der Waals surface area contributed by atoms with Gasteiger partial charge in [-0.1, -0.05) is 48.5 Å². The van der Waals surface area contributed by atoms with Gasteiger partial charge in [0.05, 0.1) is 0 Å². The van der Waals surface area contributed by atoms with E-state index in [9.17, 15) is 21.0 Å². The number of hydrogen-bond donors (Lipinski definition) is 0. The minimum absolute atomic E-state index is 0.167. The molecule has 4 aromatic carbocycles. The molecule has 1 heterocycles. The molecule has 0 unspecified atom stereocenters. The molecular weight excluding hydrogens is 510 g/mol. The van der Waals surface area contributed by atoms with E-state index < -0.39 is 11.6 Å². The third-order valence-corrected chi connectivity index (χ3v) is 8.56. The number of benzene rings is 4. The molecule has 0 spiro atoms. The molecule has 39 heavy (non-hydrogen) atoms. The lowest BCUT2D eigenvalue weighted by molar-refractivity contribution is 0.639. The summed E-state index contributed by atoms with van der Waals surface area (Å²) in [4.78, 5) is 1.16. The van der Waals surface area contributed by atoms with E-state index in [1.54, 1.807) is 48.5 Å². The van der Waals surface area contributed by atoms with E-state index in [-0.39, 0.29) is 11.1 Å². The quantitative estimate of drug-likeness (QED) is 0.189. The van der Waals surface area contributed by atoms with Crippen molar-refractivity contribution < 1.29 is 8.78 Å². The Morgan fingerprint density at radius 3 is 1.26 bits per heavy atom. The van der Waals surface area contributed by atoms with Crippen molar-refractivity contribution in [2.75, 3.05) is 0 Å². The Morgan fingerprint density at radius 2 is 0.897 bits per heavy atom. The molecule has 0 atom stereocenters. The molecular formula is C32H10F2N4S. The molecule has 0 N–H and O–H groups in total. The predicted octanol–water partition coefficient (Wildman–Crippen LogP) is 7.99. The van der Waals surface area contributed by atoms with Gasteiger partial charge in [0, 0.05) is 42.8 Å². The zero-order chi connectivity index (χ0) is 27.0. The standard InChI is InChI=1S/C32H10F2N4S/c33-23-9-21-25(15(11-35)12-36)31-29(27(21)19-7-3-1-5-17(19)23)30-28-20-8-4-2-6-18(20)24(34)10-22(28)26(32(30)39-31)16(13-37)14-38/h1-10H. The molecule has 4 nitrogen and oxygen atoms in total. The van der Waals surface area contributed by atoms with Gasteiger partial charge in [-0.25, -0.2) is 8.78 Å². The summed E-state index contributed by atoms with van der Waals surface area (Å²) in [5.41, 5.74) is 3.85. The minimum Gasteiger partial charge on any atom is -0.206 e. The van der Waals surface area contributed by atoms with Gasteiger partial charge in [-0.15, -0.1) is 11.3 Å². The van der Waals surface area contributed by atoms with Gasteiger partial charge >= 0.3 is 0 Å². The van der Waals surface area contributed by atoms with Crippen LogP contribution in [0, 0.1) is 57.0 Å². The Hall–Kier alpha value is -5.60. The number of rotatable bonds is 0. The number of fused-ring (bicyclic) bond motifs is 11. The molecule has 7 rings (SSSR count). The van der Waals surface area contributed by atoms with Crippen LogP contribution in [-0.2, 0) is 0 Å². The van der Waals surface area contributed by atoms with E-state index in [4.69, 9.17) is 0 Å². The lowest BCUT2D eigenvalue weighted by Gasteiger charge is -2.12. The van der Waals surface area contributed by atoms with Crippen molar-refractivity contribution in [3.63, 3.8) is 0 Å². The SMILES string of the molecule is N#CC(C#N)=C1c2cc(F)c3ccccc3c2-c2c1sc1c2-c2c(cc(F)c3ccccc23)C1=C(C#N)C#N. The highest BCUT2D eigenvalue weighted by Crippen LogP contribution is 2.63. The monoisotopic (exact) mass is 520 g/mol. The highest BCUT2D eigenvalue weighted by atomic mass is 32.1. The summed E-state index contributed by atoms with van der Waals surface area (Å²) in [6.07, 6.45) is 0. The second-order valence-corrected chi connectivity index (χ2v) is 10.1. The van der Waals surface area contributed by atoms with Crippen LogP contribution in [0.4, 0.5) is 8.78 Å². The summed E-state index contributed by atoms with van der Waals surface area (Å²) in [7, 11) is 0. The van der Waals surface area contributed by atoms with Crippen molar-refractivity contribution in [1.82, 2.24) is 0 Å². The Kier molecular flexibility index (Phi) is 4.60. The van der Waals surface area contributed by atoms with E-state index >= 15 is 8.78 Å². The van der Waals surface area contributed by atoms with Gasteiger partial charge in [-0.05, 0) is 45.2 Å². The molecule has 0 radical (unpaired) electrons. The van der Waals surface area contributed by atoms with Crippen LogP contribution in [0.25, 0.3) is 54.9 Å². The molecule has 0 saturated carbocycles. The topological polar surface area (TPSA) is 95.2 Å².